The van der Waals surface area contributed by atoms with Gasteiger partial charge in [-0.1, -0.05) is 0 Å². The number of fused-ring (bicyclic) bond motifs is 1. The van der Waals surface area contributed by atoms with Gasteiger partial charge in [0.2, 0.25) is 5.78 Å². The molecule has 3 aromatic heterocycles. The number of thiophene rings is 1. The summed E-state index contributed by atoms with van der Waals surface area (Å²) < 4.78 is 8.33. The summed E-state index contributed by atoms with van der Waals surface area (Å²) >= 11 is 1.46. The molecule has 0 bridgehead atoms. The lowest BCUT2D eigenvalue weighted by atomic mass is 10.1. The van der Waals surface area contributed by atoms with Crippen molar-refractivity contribution >= 4 is 22.9 Å². The van der Waals surface area contributed by atoms with E-state index < -0.39 is 0 Å². The minimum absolute atomic E-state index is 0.105. The molecule has 1 saturated carbocycles. The number of nitrogens with one attached hydrogen (secondary N) is 1. The molecule has 168 valence electrons. The highest BCUT2D eigenvalue weighted by Crippen LogP contribution is 2.37. The number of aromatic nitrogens is 4. The Balaban J connectivity index is 1.44. The van der Waals surface area contributed by atoms with E-state index in [0.717, 1.165) is 47.0 Å². The van der Waals surface area contributed by atoms with Crippen LogP contribution in [0.5, 0.6) is 0 Å². The number of aryl methyl sites for hydroxylation is 2. The molecule has 3 aromatic rings. The summed E-state index contributed by atoms with van der Waals surface area (Å²) in [6.07, 6.45) is 4.69. The molecule has 1 aliphatic carbocycles. The summed E-state index contributed by atoms with van der Waals surface area (Å²) in [5.41, 5.74) is 3.59. The van der Waals surface area contributed by atoms with Gasteiger partial charge in [-0.15, -0.1) is 11.3 Å². The fourth-order valence-electron chi connectivity index (χ4n) is 4.62. The molecular weight excluding hydrogens is 426 g/mol. The van der Waals surface area contributed by atoms with Crippen molar-refractivity contribution in [2.45, 2.75) is 64.8 Å². The van der Waals surface area contributed by atoms with Crippen molar-refractivity contribution in [1.29, 1.82) is 0 Å². The van der Waals surface area contributed by atoms with Gasteiger partial charge in [0.05, 0.1) is 28.8 Å². The smallest absolute Gasteiger partial charge is 0.208 e. The Labute approximate surface area is 190 Å². The Morgan fingerprint density at radius 1 is 1.31 bits per heavy atom. The van der Waals surface area contributed by atoms with E-state index in [4.69, 9.17) is 9.72 Å². The first-order valence-electron chi connectivity index (χ1n) is 11.0. The number of nitrogens with zero attached hydrogens (tertiary/aromatic N) is 4. The van der Waals surface area contributed by atoms with E-state index in [2.05, 4.69) is 26.8 Å². The predicted octanol–water partition coefficient (Wildman–Crippen LogP) is 3.34. The highest BCUT2D eigenvalue weighted by Gasteiger charge is 2.31. The van der Waals surface area contributed by atoms with Crippen molar-refractivity contribution in [2.75, 3.05) is 11.9 Å². The maximum absolute atomic E-state index is 13.4. The minimum Gasteiger partial charge on any atom is -0.393 e. The topological polar surface area (TPSA) is 102 Å². The standard InChI is InChI=1S/C23H27N5O3S/c1-12-13(2)28-6-7-31-21(23(28)26-12)17-9-19(32-14(17)3)20(30)18-10-24-11-25-22(18)27-15-4-5-16(29)8-15/h9-11,15-16,21,29H,4-8H2,1-3H3,(H,24,25,27)/t15-,16+,21+/m1/s1. The van der Waals surface area contributed by atoms with Crippen molar-refractivity contribution in [2.24, 2.45) is 0 Å². The average molecular weight is 454 g/mol. The Morgan fingerprint density at radius 2 is 2.16 bits per heavy atom. The highest BCUT2D eigenvalue weighted by atomic mass is 32.1. The lowest BCUT2D eigenvalue weighted by Gasteiger charge is -2.25. The van der Waals surface area contributed by atoms with E-state index in [-0.39, 0.29) is 24.0 Å². The van der Waals surface area contributed by atoms with Crippen LogP contribution in [0.2, 0.25) is 0 Å². The van der Waals surface area contributed by atoms with E-state index in [9.17, 15) is 9.90 Å². The average Bonchev–Trinajstić information content (AvgIpc) is 3.46. The van der Waals surface area contributed by atoms with Gasteiger partial charge in [-0.05, 0) is 46.1 Å². The number of hydrogen-bond donors (Lipinski definition) is 2. The van der Waals surface area contributed by atoms with Crippen LogP contribution in [0, 0.1) is 20.8 Å². The summed E-state index contributed by atoms with van der Waals surface area (Å²) in [7, 11) is 0. The molecule has 32 heavy (non-hydrogen) atoms. The molecule has 0 radical (unpaired) electrons. The van der Waals surface area contributed by atoms with Gasteiger partial charge in [0, 0.05) is 34.9 Å². The molecule has 4 heterocycles. The molecule has 3 atom stereocenters. The van der Waals surface area contributed by atoms with Gasteiger partial charge in [-0.2, -0.15) is 0 Å². The number of anilines is 1. The largest absolute Gasteiger partial charge is 0.393 e. The van der Waals surface area contributed by atoms with Gasteiger partial charge in [0.1, 0.15) is 24.1 Å². The Kier molecular flexibility index (Phi) is 5.56. The van der Waals surface area contributed by atoms with E-state index >= 15 is 0 Å². The third kappa shape index (κ3) is 3.74. The molecule has 9 heteroatoms. The number of aliphatic hydroxyl groups is 1. The van der Waals surface area contributed by atoms with Crippen LogP contribution in [0.3, 0.4) is 0 Å². The van der Waals surface area contributed by atoms with E-state index in [0.29, 0.717) is 29.3 Å². The fraction of sp³-hybridized carbons (Fsp3) is 0.478. The Hall–Kier alpha value is -2.62. The number of rotatable bonds is 5. The third-order valence-electron chi connectivity index (χ3n) is 6.49. The van der Waals surface area contributed by atoms with Crippen molar-refractivity contribution in [1.82, 2.24) is 19.5 Å². The van der Waals surface area contributed by atoms with Crippen molar-refractivity contribution < 1.29 is 14.6 Å². The zero-order chi connectivity index (χ0) is 22.4. The van der Waals surface area contributed by atoms with Gasteiger partial charge < -0.3 is 19.7 Å². The van der Waals surface area contributed by atoms with Gasteiger partial charge in [-0.3, -0.25) is 4.79 Å². The summed E-state index contributed by atoms with van der Waals surface area (Å²) in [5, 5.41) is 13.2. The molecular formula is C23H27N5O3S. The number of carbonyl (C=O) groups is 1. The quantitative estimate of drug-likeness (QED) is 0.571. The molecule has 5 rings (SSSR count). The number of aliphatic hydroxyl groups excluding tert-OH is 1. The van der Waals surface area contributed by atoms with Crippen LogP contribution in [-0.4, -0.2) is 49.2 Å². The van der Waals surface area contributed by atoms with Crippen molar-refractivity contribution in [3.8, 4) is 0 Å². The second-order valence-electron chi connectivity index (χ2n) is 8.59. The van der Waals surface area contributed by atoms with Crippen LogP contribution in [0.15, 0.2) is 18.6 Å². The lowest BCUT2D eigenvalue weighted by Crippen LogP contribution is -2.23. The summed E-state index contributed by atoms with van der Waals surface area (Å²) in [4.78, 5) is 28.3. The van der Waals surface area contributed by atoms with Crippen LogP contribution in [-0.2, 0) is 11.3 Å². The van der Waals surface area contributed by atoms with Crippen LogP contribution in [0.1, 0.15) is 68.3 Å². The van der Waals surface area contributed by atoms with Gasteiger partial charge >= 0.3 is 0 Å². The predicted molar refractivity (Wildman–Crippen MR) is 121 cm³/mol. The summed E-state index contributed by atoms with van der Waals surface area (Å²) in [6.45, 7) is 7.51. The molecule has 2 aliphatic rings. The molecule has 1 fully saturated rings. The molecule has 1 aliphatic heterocycles. The van der Waals surface area contributed by atoms with Crippen molar-refractivity contribution in [3.63, 3.8) is 0 Å². The second kappa shape index (κ2) is 8.38. The normalized spacial score (nSPS) is 22.7. The number of carbonyl (C=O) groups excluding carboxylic acids is 1. The number of imidazole rings is 1. The van der Waals surface area contributed by atoms with Gasteiger partial charge in [0.25, 0.3) is 0 Å². The molecule has 0 aromatic carbocycles. The molecule has 2 N–H and O–H groups in total. The van der Waals surface area contributed by atoms with E-state index in [1.54, 1.807) is 6.20 Å². The first-order valence-corrected chi connectivity index (χ1v) is 11.8. The number of ketones is 1. The third-order valence-corrected chi connectivity index (χ3v) is 7.55. The van der Waals surface area contributed by atoms with E-state index in [1.807, 2.05) is 19.9 Å². The van der Waals surface area contributed by atoms with Crippen LogP contribution >= 0.6 is 11.3 Å². The van der Waals surface area contributed by atoms with E-state index in [1.165, 1.54) is 17.7 Å². The van der Waals surface area contributed by atoms with Gasteiger partial charge in [-0.25, -0.2) is 15.0 Å². The minimum atomic E-state index is -0.300. The first kappa shape index (κ1) is 21.2. The zero-order valence-corrected chi connectivity index (χ0v) is 19.3. The number of ether oxygens (including phenoxy) is 1. The molecule has 0 spiro atoms. The van der Waals surface area contributed by atoms with Crippen LogP contribution in [0.25, 0.3) is 0 Å². The van der Waals surface area contributed by atoms with Crippen LogP contribution in [0.4, 0.5) is 5.82 Å². The SMILES string of the molecule is Cc1nc2n(c1C)CCO[C@H]2c1cc(C(=O)c2cncnc2N[C@@H]2CC[C@H](O)C2)sc1C. The van der Waals surface area contributed by atoms with Gasteiger partial charge in [0.15, 0.2) is 0 Å². The molecule has 0 saturated heterocycles. The Morgan fingerprint density at radius 3 is 2.94 bits per heavy atom. The lowest BCUT2D eigenvalue weighted by molar-refractivity contribution is 0.0423. The Bertz CT molecular complexity index is 1170. The fourth-order valence-corrected chi connectivity index (χ4v) is 5.62. The molecule has 0 amide bonds. The summed E-state index contributed by atoms with van der Waals surface area (Å²) in [5.74, 6) is 1.31. The highest BCUT2D eigenvalue weighted by molar-refractivity contribution is 7.14. The molecule has 8 nitrogen and oxygen atoms in total. The van der Waals surface area contributed by atoms with Crippen LogP contribution < -0.4 is 5.32 Å². The van der Waals surface area contributed by atoms with Crippen molar-refractivity contribution in [3.05, 3.63) is 56.7 Å². The monoisotopic (exact) mass is 453 g/mol. The first-order chi connectivity index (χ1) is 15.4. The maximum Gasteiger partial charge on any atom is 0.208 e. The zero-order valence-electron chi connectivity index (χ0n) is 18.5. The number of hydrogen-bond acceptors (Lipinski definition) is 8. The summed E-state index contributed by atoms with van der Waals surface area (Å²) in [6, 6.07) is 2.03. The molecule has 0 unspecified atom stereocenters. The second-order valence-corrected chi connectivity index (χ2v) is 9.84. The maximum atomic E-state index is 13.4.